The minimum atomic E-state index is -3.19. The summed E-state index contributed by atoms with van der Waals surface area (Å²) in [4.78, 5) is 21.6. The van der Waals surface area contributed by atoms with Gasteiger partial charge in [0.1, 0.15) is 5.65 Å². The number of sulfonamides is 1. The average molecular weight is 536 g/mol. The SMILES string of the molecule is CS(=O)(=O)N1CCC(Nc2ncc3ccc(=O)n(CCCNc4cccc(NS(=O)O)c4)c3n2)CC1. The van der Waals surface area contributed by atoms with Crippen molar-refractivity contribution in [1.29, 1.82) is 0 Å². The van der Waals surface area contributed by atoms with Gasteiger partial charge in [-0.1, -0.05) is 6.07 Å². The maximum Gasteiger partial charge on any atom is 0.259 e. The van der Waals surface area contributed by atoms with Crippen molar-refractivity contribution >= 4 is 49.6 Å². The summed E-state index contributed by atoms with van der Waals surface area (Å²) >= 11 is -2.14. The zero-order valence-electron chi connectivity index (χ0n) is 19.8. The lowest BCUT2D eigenvalue weighted by atomic mass is 10.1. The molecule has 1 atom stereocenters. The number of rotatable bonds is 10. The molecule has 194 valence electrons. The second-order valence-corrected chi connectivity index (χ2v) is 11.3. The van der Waals surface area contributed by atoms with Gasteiger partial charge in [-0.2, -0.15) is 4.98 Å². The Hall–Kier alpha value is -3.07. The van der Waals surface area contributed by atoms with Crippen molar-refractivity contribution in [2.45, 2.75) is 31.8 Å². The quantitative estimate of drug-likeness (QED) is 0.224. The first-order chi connectivity index (χ1) is 17.2. The summed E-state index contributed by atoms with van der Waals surface area (Å²) in [6.45, 7) is 1.89. The van der Waals surface area contributed by atoms with Crippen LogP contribution < -0.4 is 20.9 Å². The fourth-order valence-electron chi connectivity index (χ4n) is 4.13. The molecule has 3 heterocycles. The number of aromatic nitrogens is 3. The Balaban J connectivity index is 1.39. The van der Waals surface area contributed by atoms with Gasteiger partial charge in [-0.15, -0.1) is 0 Å². The molecule has 0 bridgehead atoms. The molecular formula is C22H29N7O5S2. The minimum absolute atomic E-state index is 0.0436. The van der Waals surface area contributed by atoms with Crippen LogP contribution in [-0.2, 0) is 27.8 Å². The summed E-state index contributed by atoms with van der Waals surface area (Å²) in [5, 5.41) is 7.28. The minimum Gasteiger partial charge on any atom is -0.385 e. The van der Waals surface area contributed by atoms with Gasteiger partial charge in [0, 0.05) is 55.6 Å². The number of benzene rings is 1. The van der Waals surface area contributed by atoms with Crippen LogP contribution in [0.5, 0.6) is 0 Å². The monoisotopic (exact) mass is 535 g/mol. The summed E-state index contributed by atoms with van der Waals surface area (Å²) in [7, 11) is -3.19. The molecule has 0 aliphatic carbocycles. The van der Waals surface area contributed by atoms with Crippen LogP contribution in [0.2, 0.25) is 0 Å². The van der Waals surface area contributed by atoms with Gasteiger partial charge in [-0.05, 0) is 43.5 Å². The van der Waals surface area contributed by atoms with Crippen LogP contribution in [0.1, 0.15) is 19.3 Å². The van der Waals surface area contributed by atoms with Crippen molar-refractivity contribution in [2.75, 3.05) is 41.2 Å². The predicted octanol–water partition coefficient (Wildman–Crippen LogP) is 1.68. The Labute approximate surface area is 211 Å². The molecule has 1 unspecified atom stereocenters. The third-order valence-corrected chi connectivity index (χ3v) is 7.65. The Morgan fingerprint density at radius 2 is 1.92 bits per heavy atom. The van der Waals surface area contributed by atoms with Crippen LogP contribution in [-0.4, -0.2) is 68.0 Å². The van der Waals surface area contributed by atoms with Gasteiger partial charge in [0.05, 0.1) is 11.9 Å². The molecule has 2 aromatic heterocycles. The Bertz CT molecular complexity index is 1410. The third-order valence-electron chi connectivity index (χ3n) is 5.93. The van der Waals surface area contributed by atoms with E-state index in [1.54, 1.807) is 35.0 Å². The molecule has 0 spiro atoms. The van der Waals surface area contributed by atoms with Gasteiger partial charge < -0.3 is 10.6 Å². The van der Waals surface area contributed by atoms with Gasteiger partial charge in [0.25, 0.3) is 16.8 Å². The molecular weight excluding hydrogens is 506 g/mol. The largest absolute Gasteiger partial charge is 0.385 e. The molecule has 12 nitrogen and oxygen atoms in total. The standard InChI is InChI=1S/C22H29N7O5S2/c1-36(33,34)28-12-8-17(9-13-28)25-22-24-15-16-6-7-20(30)29(21(16)26-22)11-3-10-23-18-4-2-5-19(14-18)27-35(31)32/h2,4-7,14-15,17,23,27H,3,8-13H2,1H3,(H,31,32)(H,24,25,26). The zero-order valence-corrected chi connectivity index (χ0v) is 21.4. The van der Waals surface area contributed by atoms with Gasteiger partial charge in [0.15, 0.2) is 0 Å². The van der Waals surface area contributed by atoms with Gasteiger partial charge in [0.2, 0.25) is 16.0 Å². The molecule has 0 saturated carbocycles. The molecule has 1 aromatic carbocycles. The summed E-state index contributed by atoms with van der Waals surface area (Å²) in [5.74, 6) is 0.406. The number of nitrogens with one attached hydrogen (secondary N) is 3. The van der Waals surface area contributed by atoms with Crippen molar-refractivity contribution in [3.8, 4) is 0 Å². The normalized spacial score (nSPS) is 16.1. The van der Waals surface area contributed by atoms with E-state index in [-0.39, 0.29) is 11.6 Å². The van der Waals surface area contributed by atoms with Gasteiger partial charge in [-0.3, -0.25) is 18.6 Å². The number of piperidine rings is 1. The van der Waals surface area contributed by atoms with E-state index in [0.717, 1.165) is 11.1 Å². The summed E-state index contributed by atoms with van der Waals surface area (Å²) in [5.41, 5.74) is 1.67. The summed E-state index contributed by atoms with van der Waals surface area (Å²) < 4.78 is 48.9. The highest BCUT2D eigenvalue weighted by atomic mass is 32.2. The Kier molecular flexibility index (Phi) is 8.18. The van der Waals surface area contributed by atoms with E-state index in [1.165, 1.54) is 16.6 Å². The lowest BCUT2D eigenvalue weighted by Crippen LogP contribution is -2.42. The molecule has 4 N–H and O–H groups in total. The van der Waals surface area contributed by atoms with E-state index >= 15 is 0 Å². The van der Waals surface area contributed by atoms with Crippen LogP contribution in [0, 0.1) is 0 Å². The maximum absolute atomic E-state index is 12.6. The number of fused-ring (bicyclic) bond motifs is 1. The Morgan fingerprint density at radius 3 is 2.64 bits per heavy atom. The van der Waals surface area contributed by atoms with Crippen molar-refractivity contribution in [3.05, 3.63) is 52.9 Å². The van der Waals surface area contributed by atoms with Crippen LogP contribution >= 0.6 is 0 Å². The van der Waals surface area contributed by atoms with E-state index in [4.69, 9.17) is 4.55 Å². The highest BCUT2D eigenvalue weighted by molar-refractivity contribution is 7.88. The molecule has 1 saturated heterocycles. The fraction of sp³-hybridized carbons (Fsp3) is 0.409. The maximum atomic E-state index is 12.6. The average Bonchev–Trinajstić information content (AvgIpc) is 2.82. The van der Waals surface area contributed by atoms with E-state index in [0.29, 0.717) is 62.7 Å². The molecule has 0 amide bonds. The van der Waals surface area contributed by atoms with E-state index in [9.17, 15) is 17.4 Å². The number of hydrogen-bond donors (Lipinski definition) is 4. The number of pyridine rings is 1. The van der Waals surface area contributed by atoms with Gasteiger partial charge in [-0.25, -0.2) is 21.9 Å². The molecule has 4 rings (SSSR count). The first kappa shape index (κ1) is 26.0. The smallest absolute Gasteiger partial charge is 0.259 e. The van der Waals surface area contributed by atoms with Crippen LogP contribution in [0.25, 0.3) is 11.0 Å². The number of nitrogens with zero attached hydrogens (tertiary/aromatic N) is 4. The summed E-state index contributed by atoms with van der Waals surface area (Å²) in [6, 6.07) is 10.3. The van der Waals surface area contributed by atoms with Crippen molar-refractivity contribution in [2.24, 2.45) is 0 Å². The lowest BCUT2D eigenvalue weighted by molar-refractivity contribution is 0.331. The van der Waals surface area contributed by atoms with E-state index in [1.807, 2.05) is 6.07 Å². The molecule has 1 aliphatic rings. The molecule has 3 aromatic rings. The third kappa shape index (κ3) is 6.78. The first-order valence-corrected chi connectivity index (χ1v) is 14.4. The predicted molar refractivity (Wildman–Crippen MR) is 141 cm³/mol. The van der Waals surface area contributed by atoms with Crippen LogP contribution in [0.3, 0.4) is 0 Å². The van der Waals surface area contributed by atoms with Crippen molar-refractivity contribution < 1.29 is 17.2 Å². The molecule has 1 aliphatic heterocycles. The number of anilines is 3. The van der Waals surface area contributed by atoms with Crippen molar-refractivity contribution in [3.63, 3.8) is 0 Å². The van der Waals surface area contributed by atoms with Gasteiger partial charge >= 0.3 is 0 Å². The highest BCUT2D eigenvalue weighted by Gasteiger charge is 2.25. The zero-order chi connectivity index (χ0) is 25.7. The number of aryl methyl sites for hydroxylation is 1. The van der Waals surface area contributed by atoms with E-state index in [2.05, 4.69) is 25.3 Å². The Morgan fingerprint density at radius 1 is 1.17 bits per heavy atom. The highest BCUT2D eigenvalue weighted by Crippen LogP contribution is 2.18. The molecule has 0 radical (unpaired) electrons. The molecule has 1 fully saturated rings. The summed E-state index contributed by atoms with van der Waals surface area (Å²) in [6.07, 6.45) is 4.82. The van der Waals surface area contributed by atoms with Crippen LogP contribution in [0.15, 0.2) is 47.4 Å². The number of hydrogen-bond acceptors (Lipinski definition) is 8. The fourth-order valence-corrected chi connectivity index (χ4v) is 5.34. The van der Waals surface area contributed by atoms with Crippen molar-refractivity contribution in [1.82, 2.24) is 18.8 Å². The van der Waals surface area contributed by atoms with Crippen LogP contribution in [0.4, 0.5) is 17.3 Å². The molecule has 36 heavy (non-hydrogen) atoms. The van der Waals surface area contributed by atoms with E-state index < -0.39 is 21.3 Å². The second kappa shape index (κ2) is 11.3. The molecule has 14 heteroatoms. The first-order valence-electron chi connectivity index (χ1n) is 11.5. The topological polar surface area (TPSA) is 159 Å². The second-order valence-electron chi connectivity index (χ2n) is 8.59. The lowest BCUT2D eigenvalue weighted by Gasteiger charge is -2.30.